The quantitative estimate of drug-likeness (QED) is 0.0729. The first-order chi connectivity index (χ1) is 19.8. The Morgan fingerprint density at radius 1 is 0.512 bits per heavy atom. The summed E-state index contributed by atoms with van der Waals surface area (Å²) >= 11 is 0. The summed E-state index contributed by atoms with van der Waals surface area (Å²) in [7, 11) is 0. The number of carboxylic acid groups (broad SMARTS) is 2. The van der Waals surface area contributed by atoms with Gasteiger partial charge >= 0.3 is 11.9 Å². The topological polar surface area (TPSA) is 162 Å². The van der Waals surface area contributed by atoms with Crippen molar-refractivity contribution < 1.29 is 34.2 Å². The van der Waals surface area contributed by atoms with Crippen molar-refractivity contribution in [3.8, 4) is 0 Å². The van der Waals surface area contributed by atoms with Gasteiger partial charge in [-0.3, -0.25) is 19.2 Å². The zero-order valence-corrected chi connectivity index (χ0v) is 25.5. The van der Waals surface area contributed by atoms with E-state index in [1.54, 1.807) is 0 Å². The Bertz CT molecular complexity index is 731. The number of carbonyl (C=O) groups excluding carboxylic acids is 3. The van der Waals surface area contributed by atoms with Crippen LogP contribution in [-0.4, -0.2) is 59.0 Å². The van der Waals surface area contributed by atoms with Crippen LogP contribution in [0, 0.1) is 0 Å². The normalized spacial score (nSPS) is 11.5. The zero-order chi connectivity index (χ0) is 30.6. The fourth-order valence-electron chi connectivity index (χ4n) is 4.56. The van der Waals surface area contributed by atoms with Crippen LogP contribution in [0.2, 0.25) is 0 Å². The number of rotatable bonds is 29. The minimum Gasteiger partial charge on any atom is -0.481 e. The molecule has 238 valence electrons. The van der Waals surface area contributed by atoms with Crippen LogP contribution in [0.4, 0.5) is 0 Å². The number of carbonyl (C=O) groups is 5. The summed E-state index contributed by atoms with van der Waals surface area (Å²) in [6.07, 6.45) is 18.2. The van der Waals surface area contributed by atoms with Gasteiger partial charge in [0.2, 0.25) is 17.7 Å². The van der Waals surface area contributed by atoms with Gasteiger partial charge in [0.1, 0.15) is 6.04 Å². The molecule has 1 atom stereocenters. The molecule has 0 aromatic rings. The highest BCUT2D eigenvalue weighted by molar-refractivity contribution is 5.84. The van der Waals surface area contributed by atoms with Crippen molar-refractivity contribution in [3.05, 3.63) is 0 Å². The second kappa shape index (κ2) is 27.5. The smallest absolute Gasteiger partial charge is 0.326 e. The second-order valence-electron chi connectivity index (χ2n) is 11.0. The van der Waals surface area contributed by atoms with E-state index in [1.807, 2.05) is 0 Å². The first-order valence-corrected chi connectivity index (χ1v) is 16.0. The predicted molar refractivity (Wildman–Crippen MR) is 160 cm³/mol. The predicted octanol–water partition coefficient (Wildman–Crippen LogP) is 5.47. The standard InChI is InChI=1S/C31H57N3O7/c1-2-3-17-24-32-27(35)22-23-28(36)33-25-18-16-19-26(31(40)41)34-29(37)20-14-12-10-8-6-4-5-7-9-11-13-15-21-30(38)39/h26H,2-25H2,1H3,(H,32,35)(H,33,36)(H,34,37)(H,38,39)(H,40,41). The van der Waals surface area contributed by atoms with Crippen molar-refractivity contribution in [2.45, 2.75) is 154 Å². The number of unbranched alkanes of at least 4 members (excludes halogenated alkanes) is 14. The third-order valence-electron chi connectivity index (χ3n) is 7.10. The SMILES string of the molecule is CCCCCNC(=O)CCC(=O)NCCCCC(NC(=O)CCCCCCCCCCCCCCC(=O)O)C(=O)O. The fraction of sp³-hybridized carbons (Fsp3) is 0.839. The lowest BCUT2D eigenvalue weighted by atomic mass is 10.0. The van der Waals surface area contributed by atoms with E-state index in [-0.39, 0.29) is 37.0 Å². The molecule has 0 bridgehead atoms. The Morgan fingerprint density at radius 2 is 0.951 bits per heavy atom. The van der Waals surface area contributed by atoms with Gasteiger partial charge in [0.05, 0.1) is 0 Å². The van der Waals surface area contributed by atoms with Gasteiger partial charge in [-0.2, -0.15) is 0 Å². The molecule has 0 aliphatic rings. The maximum atomic E-state index is 12.2. The minimum atomic E-state index is -1.05. The lowest BCUT2D eigenvalue weighted by Crippen LogP contribution is -2.40. The van der Waals surface area contributed by atoms with Gasteiger partial charge in [-0.05, 0) is 38.5 Å². The first-order valence-electron chi connectivity index (χ1n) is 16.0. The Morgan fingerprint density at radius 3 is 1.39 bits per heavy atom. The van der Waals surface area contributed by atoms with Crippen molar-refractivity contribution in [1.29, 1.82) is 0 Å². The fourth-order valence-corrected chi connectivity index (χ4v) is 4.56. The molecular formula is C31H57N3O7. The number of carboxylic acids is 2. The molecular weight excluding hydrogens is 526 g/mol. The van der Waals surface area contributed by atoms with E-state index in [1.165, 1.54) is 32.1 Å². The zero-order valence-electron chi connectivity index (χ0n) is 25.5. The first kappa shape index (κ1) is 38.4. The number of hydrogen-bond donors (Lipinski definition) is 5. The molecule has 3 amide bonds. The molecule has 0 spiro atoms. The molecule has 5 N–H and O–H groups in total. The van der Waals surface area contributed by atoms with Crippen LogP contribution >= 0.6 is 0 Å². The monoisotopic (exact) mass is 583 g/mol. The third kappa shape index (κ3) is 27.3. The molecule has 0 rings (SSSR count). The maximum Gasteiger partial charge on any atom is 0.326 e. The van der Waals surface area contributed by atoms with Crippen LogP contribution in [0.5, 0.6) is 0 Å². The van der Waals surface area contributed by atoms with Crippen molar-refractivity contribution in [3.63, 3.8) is 0 Å². The van der Waals surface area contributed by atoms with E-state index in [4.69, 9.17) is 5.11 Å². The van der Waals surface area contributed by atoms with Gasteiger partial charge in [-0.1, -0.05) is 84.0 Å². The van der Waals surface area contributed by atoms with Crippen LogP contribution < -0.4 is 16.0 Å². The Balaban J connectivity index is 3.72. The highest BCUT2D eigenvalue weighted by Gasteiger charge is 2.19. The van der Waals surface area contributed by atoms with Crippen molar-refractivity contribution in [2.24, 2.45) is 0 Å². The second-order valence-corrected chi connectivity index (χ2v) is 11.0. The van der Waals surface area contributed by atoms with Crippen molar-refractivity contribution >= 4 is 29.7 Å². The molecule has 10 nitrogen and oxygen atoms in total. The molecule has 0 saturated carbocycles. The summed E-state index contributed by atoms with van der Waals surface area (Å²) in [5.41, 5.74) is 0. The molecule has 10 heteroatoms. The summed E-state index contributed by atoms with van der Waals surface area (Å²) in [5.74, 6) is -2.31. The minimum absolute atomic E-state index is 0.123. The highest BCUT2D eigenvalue weighted by atomic mass is 16.4. The van der Waals surface area contributed by atoms with Gasteiger partial charge in [0.25, 0.3) is 0 Å². The van der Waals surface area contributed by atoms with E-state index in [0.29, 0.717) is 38.8 Å². The van der Waals surface area contributed by atoms with E-state index >= 15 is 0 Å². The summed E-state index contributed by atoms with van der Waals surface area (Å²) in [6.45, 7) is 3.14. The molecule has 0 saturated heterocycles. The largest absolute Gasteiger partial charge is 0.481 e. The molecule has 0 aromatic carbocycles. The molecule has 0 aliphatic heterocycles. The Kier molecular flexibility index (Phi) is 25.7. The molecule has 0 aromatic heterocycles. The summed E-state index contributed by atoms with van der Waals surface area (Å²) < 4.78 is 0. The molecule has 0 heterocycles. The van der Waals surface area contributed by atoms with Crippen LogP contribution in [0.25, 0.3) is 0 Å². The third-order valence-corrected chi connectivity index (χ3v) is 7.10. The van der Waals surface area contributed by atoms with E-state index < -0.39 is 18.0 Å². The van der Waals surface area contributed by atoms with Crippen LogP contribution in [0.3, 0.4) is 0 Å². The molecule has 0 fully saturated rings. The molecule has 1 unspecified atom stereocenters. The van der Waals surface area contributed by atoms with Crippen molar-refractivity contribution in [1.82, 2.24) is 16.0 Å². The lowest BCUT2D eigenvalue weighted by molar-refractivity contribution is -0.142. The highest BCUT2D eigenvalue weighted by Crippen LogP contribution is 2.13. The van der Waals surface area contributed by atoms with E-state index in [0.717, 1.165) is 64.2 Å². The number of hydrogen-bond acceptors (Lipinski definition) is 5. The van der Waals surface area contributed by atoms with Crippen molar-refractivity contribution in [2.75, 3.05) is 13.1 Å². The lowest BCUT2D eigenvalue weighted by Gasteiger charge is -2.14. The number of aliphatic carboxylic acids is 2. The van der Waals surface area contributed by atoms with E-state index in [2.05, 4.69) is 22.9 Å². The summed E-state index contributed by atoms with van der Waals surface area (Å²) in [5, 5.41) is 26.2. The van der Waals surface area contributed by atoms with Gasteiger partial charge < -0.3 is 26.2 Å². The molecule has 0 aliphatic carbocycles. The van der Waals surface area contributed by atoms with Crippen LogP contribution in [-0.2, 0) is 24.0 Å². The van der Waals surface area contributed by atoms with Gasteiger partial charge in [-0.25, -0.2) is 4.79 Å². The molecule has 0 radical (unpaired) electrons. The maximum absolute atomic E-state index is 12.2. The molecule has 41 heavy (non-hydrogen) atoms. The number of nitrogens with one attached hydrogen (secondary N) is 3. The average molecular weight is 584 g/mol. The van der Waals surface area contributed by atoms with Crippen LogP contribution in [0.15, 0.2) is 0 Å². The van der Waals surface area contributed by atoms with E-state index in [9.17, 15) is 29.1 Å². The Hall–Kier alpha value is -2.65. The summed E-state index contributed by atoms with van der Waals surface area (Å²) in [4.78, 5) is 57.8. The number of amides is 3. The average Bonchev–Trinajstić information content (AvgIpc) is 2.93. The Labute approximate surface area is 247 Å². The van der Waals surface area contributed by atoms with Gasteiger partial charge in [0, 0.05) is 38.8 Å². The van der Waals surface area contributed by atoms with Gasteiger partial charge in [-0.15, -0.1) is 0 Å². The van der Waals surface area contributed by atoms with Gasteiger partial charge in [0.15, 0.2) is 0 Å². The summed E-state index contributed by atoms with van der Waals surface area (Å²) in [6, 6.07) is -0.924. The van der Waals surface area contributed by atoms with Crippen LogP contribution in [0.1, 0.15) is 148 Å².